The number of rotatable bonds is 6. The average Bonchev–Trinajstić information content (AvgIpc) is 2.63. The fourth-order valence-electron chi connectivity index (χ4n) is 3.53. The van der Waals surface area contributed by atoms with E-state index in [9.17, 15) is 5.11 Å². The van der Waals surface area contributed by atoms with E-state index in [-0.39, 0.29) is 47.0 Å². The van der Waals surface area contributed by atoms with Gasteiger partial charge in [-0.3, -0.25) is 0 Å². The second-order valence-electron chi connectivity index (χ2n) is 12.2. The second kappa shape index (κ2) is 9.39. The van der Waals surface area contributed by atoms with Gasteiger partial charge in [0, 0.05) is 5.92 Å². The molecule has 0 amide bonds. The van der Waals surface area contributed by atoms with Crippen LogP contribution in [0.3, 0.4) is 0 Å². The number of benzene rings is 1. The standard InChI is InChI=1S/C25H46O4Si2/c1-18-20(17-26)27-22(19-15-13-12-14-16-19)23(29-31(10,11)25(5,6)7)21(18)28-30(8,9)24(2,3)4/h12-16,18,20-23,26H,17H2,1-11H3/t18?,20-,21+,22+,23?/m1/s1. The molecule has 178 valence electrons. The van der Waals surface area contributed by atoms with Crippen LogP contribution in [0.5, 0.6) is 0 Å². The van der Waals surface area contributed by atoms with E-state index in [0.29, 0.717) is 0 Å². The summed E-state index contributed by atoms with van der Waals surface area (Å²) in [5.41, 5.74) is 1.08. The zero-order valence-electron chi connectivity index (χ0n) is 21.7. The zero-order valence-corrected chi connectivity index (χ0v) is 23.7. The van der Waals surface area contributed by atoms with Crippen molar-refractivity contribution in [1.82, 2.24) is 0 Å². The van der Waals surface area contributed by atoms with E-state index in [0.717, 1.165) is 5.56 Å². The Hall–Kier alpha value is -0.506. The van der Waals surface area contributed by atoms with Crippen molar-refractivity contribution in [2.75, 3.05) is 6.61 Å². The number of hydrogen-bond acceptors (Lipinski definition) is 4. The highest BCUT2D eigenvalue weighted by Crippen LogP contribution is 2.47. The Bertz CT molecular complexity index is 706. The molecule has 0 bridgehead atoms. The zero-order chi connectivity index (χ0) is 23.8. The largest absolute Gasteiger partial charge is 0.411 e. The van der Waals surface area contributed by atoms with Crippen LogP contribution in [0, 0.1) is 5.92 Å². The molecule has 2 rings (SSSR count). The van der Waals surface area contributed by atoms with Crippen LogP contribution in [0.2, 0.25) is 36.3 Å². The molecule has 0 aromatic heterocycles. The molecule has 1 aliphatic heterocycles. The molecular weight excluding hydrogens is 420 g/mol. The molecule has 6 heteroatoms. The quantitative estimate of drug-likeness (QED) is 0.484. The molecule has 0 spiro atoms. The highest BCUT2D eigenvalue weighted by Gasteiger charge is 2.52. The van der Waals surface area contributed by atoms with Gasteiger partial charge in [0.15, 0.2) is 16.6 Å². The van der Waals surface area contributed by atoms with Gasteiger partial charge in [-0.2, -0.15) is 0 Å². The molecule has 1 aliphatic rings. The van der Waals surface area contributed by atoms with Crippen molar-refractivity contribution in [3.63, 3.8) is 0 Å². The van der Waals surface area contributed by atoms with Crippen molar-refractivity contribution in [2.24, 2.45) is 5.92 Å². The number of ether oxygens (including phenoxy) is 1. The fraction of sp³-hybridized carbons (Fsp3) is 0.760. The fourth-order valence-corrected chi connectivity index (χ4v) is 6.20. The molecular formula is C25H46O4Si2. The number of aliphatic hydroxyl groups is 1. The molecule has 1 aromatic carbocycles. The third kappa shape index (κ3) is 5.90. The van der Waals surface area contributed by atoms with Crippen molar-refractivity contribution in [3.05, 3.63) is 35.9 Å². The van der Waals surface area contributed by atoms with Gasteiger partial charge >= 0.3 is 0 Å². The molecule has 5 atom stereocenters. The molecule has 2 unspecified atom stereocenters. The molecule has 1 aromatic rings. The van der Waals surface area contributed by atoms with Crippen LogP contribution in [0.15, 0.2) is 30.3 Å². The molecule has 0 radical (unpaired) electrons. The minimum absolute atomic E-state index is 0.0192. The van der Waals surface area contributed by atoms with Crippen LogP contribution in [0.4, 0.5) is 0 Å². The first-order chi connectivity index (χ1) is 14.0. The molecule has 1 heterocycles. The predicted octanol–water partition coefficient (Wildman–Crippen LogP) is 6.54. The van der Waals surface area contributed by atoms with E-state index in [1.165, 1.54) is 0 Å². The van der Waals surface area contributed by atoms with Crippen LogP contribution in [-0.2, 0) is 13.6 Å². The van der Waals surface area contributed by atoms with Crippen LogP contribution in [0.1, 0.15) is 60.1 Å². The van der Waals surface area contributed by atoms with E-state index < -0.39 is 16.6 Å². The first-order valence-corrected chi connectivity index (χ1v) is 17.5. The van der Waals surface area contributed by atoms with Gasteiger partial charge in [0.1, 0.15) is 12.2 Å². The molecule has 1 N–H and O–H groups in total. The summed E-state index contributed by atoms with van der Waals surface area (Å²) < 4.78 is 20.6. The lowest BCUT2D eigenvalue weighted by molar-refractivity contribution is -0.198. The Balaban J connectivity index is 2.56. The minimum Gasteiger partial charge on any atom is -0.411 e. The van der Waals surface area contributed by atoms with Crippen molar-refractivity contribution >= 4 is 16.6 Å². The predicted molar refractivity (Wildman–Crippen MR) is 134 cm³/mol. The molecule has 0 aliphatic carbocycles. The highest BCUT2D eigenvalue weighted by atomic mass is 28.4. The maximum atomic E-state index is 10.1. The van der Waals surface area contributed by atoms with Gasteiger partial charge in [0.2, 0.25) is 0 Å². The molecule has 0 saturated carbocycles. The Labute approximate surface area is 193 Å². The Kier molecular flexibility index (Phi) is 8.10. The van der Waals surface area contributed by atoms with Crippen molar-refractivity contribution in [3.8, 4) is 0 Å². The van der Waals surface area contributed by atoms with Gasteiger partial charge in [-0.25, -0.2) is 0 Å². The van der Waals surface area contributed by atoms with Gasteiger partial charge in [0.05, 0.1) is 18.8 Å². The Morgan fingerprint density at radius 1 is 0.839 bits per heavy atom. The van der Waals surface area contributed by atoms with Crippen LogP contribution in [0.25, 0.3) is 0 Å². The summed E-state index contributed by atoms with van der Waals surface area (Å²) in [5, 5.41) is 10.3. The van der Waals surface area contributed by atoms with E-state index in [4.69, 9.17) is 13.6 Å². The van der Waals surface area contributed by atoms with Gasteiger partial charge in [0.25, 0.3) is 0 Å². The Morgan fingerprint density at radius 2 is 1.29 bits per heavy atom. The van der Waals surface area contributed by atoms with Crippen molar-refractivity contribution < 1.29 is 18.7 Å². The highest BCUT2D eigenvalue weighted by molar-refractivity contribution is 6.74. The Morgan fingerprint density at radius 3 is 1.71 bits per heavy atom. The normalized spacial score (nSPS) is 28.6. The summed E-state index contributed by atoms with van der Waals surface area (Å²) in [6, 6.07) is 10.3. The third-order valence-electron chi connectivity index (χ3n) is 7.83. The van der Waals surface area contributed by atoms with E-state index in [1.807, 2.05) is 18.2 Å². The maximum absolute atomic E-state index is 10.1. The second-order valence-corrected chi connectivity index (χ2v) is 21.7. The van der Waals surface area contributed by atoms with Crippen LogP contribution >= 0.6 is 0 Å². The summed E-state index contributed by atoms with van der Waals surface area (Å²) >= 11 is 0. The van der Waals surface area contributed by atoms with Gasteiger partial charge in [-0.05, 0) is 41.8 Å². The maximum Gasteiger partial charge on any atom is 0.192 e. The third-order valence-corrected chi connectivity index (χ3v) is 16.8. The lowest BCUT2D eigenvalue weighted by Gasteiger charge is -2.52. The summed E-state index contributed by atoms with van der Waals surface area (Å²) in [4.78, 5) is 0. The first kappa shape index (κ1) is 26.7. The van der Waals surface area contributed by atoms with Crippen molar-refractivity contribution in [1.29, 1.82) is 0 Å². The average molecular weight is 467 g/mol. The van der Waals surface area contributed by atoms with Crippen LogP contribution < -0.4 is 0 Å². The molecule has 1 saturated heterocycles. The molecule has 4 nitrogen and oxygen atoms in total. The number of hydrogen-bond donors (Lipinski definition) is 1. The number of aliphatic hydroxyl groups excluding tert-OH is 1. The van der Waals surface area contributed by atoms with E-state index in [2.05, 4.69) is 86.8 Å². The minimum atomic E-state index is -2.10. The smallest absolute Gasteiger partial charge is 0.192 e. The monoisotopic (exact) mass is 466 g/mol. The summed E-state index contributed by atoms with van der Waals surface area (Å²) in [7, 11) is -4.17. The first-order valence-electron chi connectivity index (χ1n) is 11.7. The van der Waals surface area contributed by atoms with E-state index >= 15 is 0 Å². The molecule has 31 heavy (non-hydrogen) atoms. The summed E-state index contributed by atoms with van der Waals surface area (Å²) in [6.45, 7) is 24.9. The lowest BCUT2D eigenvalue weighted by atomic mass is 9.86. The van der Waals surface area contributed by atoms with Gasteiger partial charge < -0.3 is 18.7 Å². The van der Waals surface area contributed by atoms with E-state index in [1.54, 1.807) is 0 Å². The lowest BCUT2D eigenvalue weighted by Crippen LogP contribution is -2.60. The topological polar surface area (TPSA) is 47.9 Å². The SMILES string of the molecule is CC1[C@H](O[Si](C)(C)C(C)(C)C)C(O[Si](C)(C)C(C)(C)C)[C@H](c2ccccc2)O[C@@H]1CO. The van der Waals surface area contributed by atoms with Gasteiger partial charge in [-0.1, -0.05) is 78.8 Å². The van der Waals surface area contributed by atoms with Crippen LogP contribution in [-0.4, -0.2) is 46.7 Å². The van der Waals surface area contributed by atoms with Gasteiger partial charge in [-0.15, -0.1) is 0 Å². The van der Waals surface area contributed by atoms with Crippen molar-refractivity contribution in [2.45, 2.75) is 109 Å². The summed E-state index contributed by atoms with van der Waals surface area (Å²) in [5.74, 6) is 0.0360. The molecule has 1 fully saturated rings. The summed E-state index contributed by atoms with van der Waals surface area (Å²) in [6.07, 6.45) is -0.890.